The number of pyridine rings is 1. The Bertz CT molecular complexity index is 425. The molecule has 1 atom stereocenters. The van der Waals surface area contributed by atoms with Gasteiger partial charge in [0, 0.05) is 19.1 Å². The van der Waals surface area contributed by atoms with E-state index in [1.807, 2.05) is 35.9 Å². The highest BCUT2D eigenvalue weighted by Crippen LogP contribution is 1.89. The summed E-state index contributed by atoms with van der Waals surface area (Å²) in [5.41, 5.74) is 1.07. The van der Waals surface area contributed by atoms with Crippen LogP contribution in [0.25, 0.3) is 0 Å². The maximum Gasteiger partial charge on any atom is 0.215 e. The van der Waals surface area contributed by atoms with Gasteiger partial charge in [0.2, 0.25) is 10.4 Å². The molecule has 0 saturated heterocycles. The summed E-state index contributed by atoms with van der Waals surface area (Å²) < 4.78 is 34.7. The van der Waals surface area contributed by atoms with Crippen molar-refractivity contribution in [3.05, 3.63) is 30.1 Å². The number of aliphatic hydroxyl groups excluding tert-OH is 2. The maximum atomic E-state index is 9.16. The Morgan fingerprint density at radius 2 is 2.00 bits per heavy atom. The molecular formula is C9H15NO6S. The molecule has 0 aliphatic carbocycles. The van der Waals surface area contributed by atoms with Crippen molar-refractivity contribution in [1.82, 2.24) is 0 Å². The Kier molecular flexibility index (Phi) is 6.85. The van der Waals surface area contributed by atoms with E-state index in [0.29, 0.717) is 6.54 Å². The fourth-order valence-corrected chi connectivity index (χ4v) is 1.05. The molecule has 0 fully saturated rings. The van der Waals surface area contributed by atoms with Crippen LogP contribution in [-0.4, -0.2) is 40.4 Å². The Hall–Kier alpha value is -1.06. The summed E-state index contributed by atoms with van der Waals surface area (Å²) in [7, 11) is -4.92. The lowest BCUT2D eigenvalue weighted by Crippen LogP contribution is -2.43. The molecule has 1 aromatic heterocycles. The monoisotopic (exact) mass is 265 g/mol. The van der Waals surface area contributed by atoms with Crippen LogP contribution in [0.4, 0.5) is 0 Å². The molecule has 17 heavy (non-hydrogen) atoms. The lowest BCUT2D eigenvalue weighted by Gasteiger charge is -2.03. The normalized spacial score (nSPS) is 12.5. The fraction of sp³-hybridized carbons (Fsp3) is 0.444. The Morgan fingerprint density at radius 3 is 2.41 bits per heavy atom. The Balaban J connectivity index is 0.000000437. The zero-order valence-corrected chi connectivity index (χ0v) is 10.0. The lowest BCUT2D eigenvalue weighted by atomic mass is 10.3. The molecule has 0 amide bonds. The first-order chi connectivity index (χ1) is 7.74. The molecule has 8 heteroatoms. The van der Waals surface area contributed by atoms with E-state index in [9.17, 15) is 0 Å². The van der Waals surface area contributed by atoms with Gasteiger partial charge in [0.05, 0.1) is 6.61 Å². The van der Waals surface area contributed by atoms with Crippen molar-refractivity contribution in [2.45, 2.75) is 19.6 Å². The smallest absolute Gasteiger partial charge is 0.215 e. The summed E-state index contributed by atoms with van der Waals surface area (Å²) in [5.74, 6) is 0. The van der Waals surface area contributed by atoms with Gasteiger partial charge in [-0.05, 0) is 0 Å². The first kappa shape index (κ1) is 15.9. The van der Waals surface area contributed by atoms with Crippen LogP contribution in [-0.2, 0) is 16.9 Å². The SMILES string of the molecule is Cc1cccc[n+]1CC(O)CO.O=S(=O)([O-])O. The molecule has 1 rings (SSSR count). The first-order valence-electron chi connectivity index (χ1n) is 4.66. The predicted molar refractivity (Wildman–Crippen MR) is 56.8 cm³/mol. The van der Waals surface area contributed by atoms with Gasteiger partial charge in [-0.25, -0.2) is 8.42 Å². The number of aromatic nitrogens is 1. The van der Waals surface area contributed by atoms with Gasteiger partial charge in [0.1, 0.15) is 6.10 Å². The molecule has 0 spiro atoms. The van der Waals surface area contributed by atoms with Crippen molar-refractivity contribution in [2.24, 2.45) is 0 Å². The average molecular weight is 265 g/mol. The molecule has 0 bridgehead atoms. The minimum absolute atomic E-state index is 0.193. The molecule has 0 aromatic carbocycles. The molecule has 7 nitrogen and oxygen atoms in total. The van der Waals surface area contributed by atoms with E-state index >= 15 is 0 Å². The third-order valence-corrected chi connectivity index (χ3v) is 1.79. The Morgan fingerprint density at radius 1 is 1.47 bits per heavy atom. The summed E-state index contributed by atoms with van der Waals surface area (Å²) in [4.78, 5) is 0. The molecular weight excluding hydrogens is 250 g/mol. The topological polar surface area (TPSA) is 122 Å². The van der Waals surface area contributed by atoms with Crippen LogP contribution >= 0.6 is 0 Å². The summed E-state index contributed by atoms with van der Waals surface area (Å²) in [6.45, 7) is 2.22. The summed E-state index contributed by atoms with van der Waals surface area (Å²) >= 11 is 0. The van der Waals surface area contributed by atoms with Gasteiger partial charge in [-0.1, -0.05) is 6.07 Å². The number of rotatable bonds is 3. The highest BCUT2D eigenvalue weighted by Gasteiger charge is 2.10. The van der Waals surface area contributed by atoms with Crippen molar-refractivity contribution in [3.8, 4) is 0 Å². The van der Waals surface area contributed by atoms with E-state index in [1.165, 1.54) is 0 Å². The van der Waals surface area contributed by atoms with E-state index in [4.69, 9.17) is 27.7 Å². The van der Waals surface area contributed by atoms with Crippen molar-refractivity contribution in [2.75, 3.05) is 6.61 Å². The van der Waals surface area contributed by atoms with Crippen molar-refractivity contribution in [1.29, 1.82) is 0 Å². The standard InChI is InChI=1S/C9H14NO2.H2O4S/c1-8-4-2-3-5-10(8)6-9(12)7-11;1-5(2,3)4/h2-5,9,11-12H,6-7H2,1H3;(H2,1,2,3,4)/q+1;/p-1. The van der Waals surface area contributed by atoms with Gasteiger partial charge in [0.25, 0.3) is 0 Å². The van der Waals surface area contributed by atoms with E-state index in [1.54, 1.807) is 0 Å². The highest BCUT2D eigenvalue weighted by atomic mass is 32.3. The molecule has 0 aliphatic rings. The molecule has 1 heterocycles. The van der Waals surface area contributed by atoms with Crippen LogP contribution in [0, 0.1) is 6.92 Å². The second-order valence-corrected chi connectivity index (χ2v) is 4.11. The van der Waals surface area contributed by atoms with Crippen LogP contribution in [0.2, 0.25) is 0 Å². The van der Waals surface area contributed by atoms with Crippen LogP contribution < -0.4 is 4.57 Å². The van der Waals surface area contributed by atoms with Crippen LogP contribution in [0.3, 0.4) is 0 Å². The summed E-state index contributed by atoms with van der Waals surface area (Å²) in [6.07, 6.45) is 1.21. The zero-order valence-electron chi connectivity index (χ0n) is 9.22. The van der Waals surface area contributed by atoms with Gasteiger partial charge in [0.15, 0.2) is 18.4 Å². The average Bonchev–Trinajstić information content (AvgIpc) is 2.19. The molecule has 3 N–H and O–H groups in total. The minimum Gasteiger partial charge on any atom is -0.726 e. The highest BCUT2D eigenvalue weighted by molar-refractivity contribution is 7.79. The number of aryl methyl sites for hydroxylation is 1. The third-order valence-electron chi connectivity index (χ3n) is 1.79. The number of hydrogen-bond donors (Lipinski definition) is 3. The van der Waals surface area contributed by atoms with Gasteiger partial charge < -0.3 is 14.8 Å². The van der Waals surface area contributed by atoms with Crippen molar-refractivity contribution >= 4 is 10.4 Å². The molecule has 1 aromatic rings. The largest absolute Gasteiger partial charge is 0.726 e. The zero-order chi connectivity index (χ0) is 13.5. The van der Waals surface area contributed by atoms with Crippen LogP contribution in [0.1, 0.15) is 5.69 Å². The third kappa shape index (κ3) is 9.85. The van der Waals surface area contributed by atoms with Crippen molar-refractivity contribution in [3.63, 3.8) is 0 Å². The number of aliphatic hydroxyl groups is 2. The quantitative estimate of drug-likeness (QED) is 0.352. The molecule has 0 saturated carbocycles. The molecule has 1 unspecified atom stereocenters. The van der Waals surface area contributed by atoms with E-state index < -0.39 is 16.5 Å². The molecule has 0 radical (unpaired) electrons. The fourth-order valence-electron chi connectivity index (χ4n) is 1.05. The van der Waals surface area contributed by atoms with E-state index in [-0.39, 0.29) is 6.61 Å². The van der Waals surface area contributed by atoms with Gasteiger partial charge in [-0.3, -0.25) is 4.55 Å². The molecule has 0 aliphatic heterocycles. The Labute approximate surface area is 99.5 Å². The predicted octanol–water partition coefficient (Wildman–Crippen LogP) is -1.36. The maximum absolute atomic E-state index is 9.16. The van der Waals surface area contributed by atoms with Crippen LogP contribution in [0.5, 0.6) is 0 Å². The number of nitrogens with zero attached hydrogens (tertiary/aromatic N) is 1. The van der Waals surface area contributed by atoms with E-state index in [2.05, 4.69) is 0 Å². The van der Waals surface area contributed by atoms with Crippen molar-refractivity contribution < 1.29 is 32.3 Å². The lowest BCUT2D eigenvalue weighted by molar-refractivity contribution is -0.709. The minimum atomic E-state index is -4.92. The van der Waals surface area contributed by atoms with Gasteiger partial charge in [-0.15, -0.1) is 0 Å². The second kappa shape index (κ2) is 7.30. The second-order valence-electron chi connectivity index (χ2n) is 3.26. The summed E-state index contributed by atoms with van der Waals surface area (Å²) in [6, 6.07) is 5.80. The van der Waals surface area contributed by atoms with Gasteiger partial charge >= 0.3 is 0 Å². The van der Waals surface area contributed by atoms with Crippen LogP contribution in [0.15, 0.2) is 24.4 Å². The number of hydrogen-bond acceptors (Lipinski definition) is 5. The van der Waals surface area contributed by atoms with Gasteiger partial charge in [-0.2, -0.15) is 4.57 Å². The first-order valence-corrected chi connectivity index (χ1v) is 6.03. The molecule has 98 valence electrons. The van der Waals surface area contributed by atoms with E-state index in [0.717, 1.165) is 5.69 Å². The summed E-state index contributed by atoms with van der Waals surface area (Å²) in [5, 5.41) is 17.8.